The fourth-order valence-corrected chi connectivity index (χ4v) is 3.35. The summed E-state index contributed by atoms with van der Waals surface area (Å²) in [7, 11) is 0. The van der Waals surface area contributed by atoms with E-state index in [1.54, 1.807) is 24.3 Å². The van der Waals surface area contributed by atoms with Gasteiger partial charge in [0.05, 0.1) is 18.5 Å². The van der Waals surface area contributed by atoms with Crippen LogP contribution >= 0.6 is 0 Å². The van der Waals surface area contributed by atoms with Crippen molar-refractivity contribution in [2.24, 2.45) is 0 Å². The maximum Gasteiger partial charge on any atom is 0.303 e. The summed E-state index contributed by atoms with van der Waals surface area (Å²) in [6, 6.07) is 10.5. The van der Waals surface area contributed by atoms with Crippen molar-refractivity contribution in [1.29, 1.82) is 0 Å². The fraction of sp³-hybridized carbons (Fsp3) is 0.182. The number of hydrogen-bond donors (Lipinski definition) is 4. The van der Waals surface area contributed by atoms with Gasteiger partial charge in [-0.05, 0) is 54.3 Å². The minimum Gasteiger partial charge on any atom is -0.508 e. The Bertz CT molecular complexity index is 1330. The van der Waals surface area contributed by atoms with E-state index in [4.69, 9.17) is 9.84 Å². The van der Waals surface area contributed by atoms with Crippen LogP contribution in [0, 0.1) is 0 Å². The summed E-state index contributed by atoms with van der Waals surface area (Å²) < 4.78 is 5.80. The van der Waals surface area contributed by atoms with Crippen molar-refractivity contribution in [3.05, 3.63) is 58.6 Å². The first kappa shape index (κ1) is 20.1. The Balaban J connectivity index is 1.76. The first-order valence-electron chi connectivity index (χ1n) is 9.71. The van der Waals surface area contributed by atoms with Crippen molar-refractivity contribution in [3.8, 4) is 34.0 Å². The van der Waals surface area contributed by atoms with Gasteiger partial charge >= 0.3 is 5.97 Å². The Hall–Kier alpha value is -4.14. The summed E-state index contributed by atoms with van der Waals surface area (Å²) in [5.74, 6) is 0.0107. The summed E-state index contributed by atoms with van der Waals surface area (Å²) in [6.45, 7) is 2.27. The third-order valence-electron chi connectivity index (χ3n) is 4.85. The van der Waals surface area contributed by atoms with E-state index < -0.39 is 5.97 Å². The van der Waals surface area contributed by atoms with Crippen molar-refractivity contribution in [2.75, 3.05) is 6.61 Å². The number of phenolic OH excluding ortho intramolecular Hbond substituents is 1. The molecule has 9 nitrogen and oxygen atoms in total. The second-order valence-corrected chi connectivity index (χ2v) is 6.90. The van der Waals surface area contributed by atoms with Gasteiger partial charge in [-0.2, -0.15) is 0 Å². The number of ether oxygens (including phenoxy) is 1. The van der Waals surface area contributed by atoms with Crippen LogP contribution in [0.15, 0.2) is 47.5 Å². The molecular formula is C22H20N4O5. The van der Waals surface area contributed by atoms with Gasteiger partial charge in [0.1, 0.15) is 17.3 Å². The standard InChI is InChI=1S/C22H20N4O5/c1-2-31-17-10-13(12-4-7-16(27)14(9-12)5-8-18(28)29)3-6-15(17)20-25-21-19(22(30)26-20)23-11-24-21/h3-4,6-7,9-11,27H,2,5,8H2,1H3,(H,28,29)(H2,23,24,25,26,30). The summed E-state index contributed by atoms with van der Waals surface area (Å²) in [5.41, 5.74) is 3.05. The van der Waals surface area contributed by atoms with Crippen LogP contribution in [-0.2, 0) is 11.2 Å². The average molecular weight is 420 g/mol. The highest BCUT2D eigenvalue weighted by Gasteiger charge is 2.15. The van der Waals surface area contributed by atoms with Gasteiger partial charge in [0.2, 0.25) is 0 Å². The normalized spacial score (nSPS) is 11.0. The number of fused-ring (bicyclic) bond motifs is 1. The molecule has 0 radical (unpaired) electrons. The minimum absolute atomic E-state index is 0.0567. The molecule has 0 saturated heterocycles. The molecule has 0 saturated carbocycles. The second kappa shape index (κ2) is 8.31. The summed E-state index contributed by atoms with van der Waals surface area (Å²) in [5, 5.41) is 19.0. The van der Waals surface area contributed by atoms with Crippen molar-refractivity contribution < 1.29 is 19.7 Å². The molecule has 0 amide bonds. The summed E-state index contributed by atoms with van der Waals surface area (Å²) in [4.78, 5) is 37.1. The first-order valence-corrected chi connectivity index (χ1v) is 9.71. The van der Waals surface area contributed by atoms with Crippen molar-refractivity contribution in [2.45, 2.75) is 19.8 Å². The molecule has 2 aromatic heterocycles. The molecule has 0 bridgehead atoms. The fourth-order valence-electron chi connectivity index (χ4n) is 3.35. The molecule has 31 heavy (non-hydrogen) atoms. The topological polar surface area (TPSA) is 141 Å². The molecule has 2 aromatic carbocycles. The summed E-state index contributed by atoms with van der Waals surface area (Å²) >= 11 is 0. The average Bonchev–Trinajstić information content (AvgIpc) is 3.22. The molecule has 4 rings (SSSR count). The van der Waals surface area contributed by atoms with E-state index in [2.05, 4.69) is 19.9 Å². The van der Waals surface area contributed by atoms with Gasteiger partial charge in [-0.25, -0.2) is 9.97 Å². The Morgan fingerprint density at radius 1 is 1.16 bits per heavy atom. The largest absolute Gasteiger partial charge is 0.508 e. The molecule has 9 heteroatoms. The number of nitrogens with one attached hydrogen (secondary N) is 2. The minimum atomic E-state index is -0.927. The van der Waals surface area contributed by atoms with Gasteiger partial charge in [-0.3, -0.25) is 9.59 Å². The molecule has 0 aliphatic carbocycles. The smallest absolute Gasteiger partial charge is 0.303 e. The number of aromatic hydroxyl groups is 1. The number of nitrogens with zero attached hydrogens (tertiary/aromatic N) is 2. The van der Waals surface area contributed by atoms with Crippen LogP contribution in [0.25, 0.3) is 33.7 Å². The Morgan fingerprint density at radius 2 is 1.94 bits per heavy atom. The number of aromatic nitrogens is 4. The number of rotatable bonds is 7. The molecule has 2 heterocycles. The lowest BCUT2D eigenvalue weighted by Crippen LogP contribution is -2.10. The lowest BCUT2D eigenvalue weighted by atomic mass is 9.98. The first-order chi connectivity index (χ1) is 15.0. The predicted molar refractivity (Wildman–Crippen MR) is 114 cm³/mol. The molecule has 4 N–H and O–H groups in total. The van der Waals surface area contributed by atoms with E-state index in [0.717, 1.165) is 11.1 Å². The Morgan fingerprint density at radius 3 is 2.71 bits per heavy atom. The van der Waals surface area contributed by atoms with E-state index in [1.165, 1.54) is 6.33 Å². The van der Waals surface area contributed by atoms with E-state index in [-0.39, 0.29) is 29.7 Å². The third-order valence-corrected chi connectivity index (χ3v) is 4.85. The number of carboxylic acid groups (broad SMARTS) is 1. The SMILES string of the molecule is CCOc1cc(-c2ccc(O)c(CCC(=O)O)c2)ccc1-c1nc2[nH]cnc2c(=O)[nH]1. The van der Waals surface area contributed by atoms with Crippen LogP contribution in [0.2, 0.25) is 0 Å². The highest BCUT2D eigenvalue weighted by molar-refractivity contribution is 5.77. The number of aliphatic carboxylic acids is 1. The molecule has 0 aliphatic rings. The van der Waals surface area contributed by atoms with Gasteiger partial charge in [0.25, 0.3) is 5.56 Å². The highest BCUT2D eigenvalue weighted by atomic mass is 16.5. The molecule has 0 fully saturated rings. The molecule has 0 atom stereocenters. The Labute approximate surface area is 176 Å². The van der Waals surface area contributed by atoms with E-state index in [1.807, 2.05) is 19.1 Å². The number of imidazole rings is 1. The number of carboxylic acids is 1. The van der Waals surface area contributed by atoms with Gasteiger partial charge in [0, 0.05) is 6.42 Å². The van der Waals surface area contributed by atoms with Crippen LogP contribution < -0.4 is 10.3 Å². The molecule has 0 aliphatic heterocycles. The molecule has 158 valence electrons. The van der Waals surface area contributed by atoms with Crippen molar-refractivity contribution in [1.82, 2.24) is 19.9 Å². The van der Waals surface area contributed by atoms with Crippen molar-refractivity contribution >= 4 is 17.1 Å². The van der Waals surface area contributed by atoms with Crippen LogP contribution in [0.3, 0.4) is 0 Å². The van der Waals surface area contributed by atoms with Gasteiger partial charge in [-0.15, -0.1) is 0 Å². The van der Waals surface area contributed by atoms with Crippen LogP contribution in [-0.4, -0.2) is 42.7 Å². The number of benzene rings is 2. The number of aromatic amines is 2. The van der Waals surface area contributed by atoms with Gasteiger partial charge < -0.3 is 24.9 Å². The molecule has 0 spiro atoms. The summed E-state index contributed by atoms with van der Waals surface area (Å²) in [6.07, 6.45) is 1.56. The quantitative estimate of drug-likeness (QED) is 0.360. The van der Waals surface area contributed by atoms with Crippen LogP contribution in [0.4, 0.5) is 0 Å². The van der Waals surface area contributed by atoms with Crippen LogP contribution in [0.1, 0.15) is 18.9 Å². The van der Waals surface area contributed by atoms with E-state index in [9.17, 15) is 14.7 Å². The molecule has 4 aromatic rings. The lowest BCUT2D eigenvalue weighted by molar-refractivity contribution is -0.136. The molecular weight excluding hydrogens is 400 g/mol. The van der Waals surface area contributed by atoms with Crippen LogP contribution in [0.5, 0.6) is 11.5 Å². The number of hydrogen-bond acceptors (Lipinski definition) is 6. The zero-order valence-corrected chi connectivity index (χ0v) is 16.7. The van der Waals surface area contributed by atoms with E-state index in [0.29, 0.717) is 35.0 Å². The zero-order chi connectivity index (χ0) is 22.0. The van der Waals surface area contributed by atoms with Gasteiger partial charge in [0.15, 0.2) is 11.2 Å². The lowest BCUT2D eigenvalue weighted by Gasteiger charge is -2.13. The molecule has 0 unspecified atom stereocenters. The van der Waals surface area contributed by atoms with Gasteiger partial charge in [-0.1, -0.05) is 12.1 Å². The maximum absolute atomic E-state index is 12.3. The number of carbonyl (C=O) groups is 1. The van der Waals surface area contributed by atoms with E-state index >= 15 is 0 Å². The van der Waals surface area contributed by atoms with Crippen molar-refractivity contribution in [3.63, 3.8) is 0 Å². The zero-order valence-electron chi connectivity index (χ0n) is 16.7. The maximum atomic E-state index is 12.3. The monoisotopic (exact) mass is 420 g/mol. The number of H-pyrrole nitrogens is 2. The number of phenols is 1. The predicted octanol–water partition coefficient (Wildman–Crippen LogP) is 3.10. The third kappa shape index (κ3) is 4.11. The number of aryl methyl sites for hydroxylation is 1. The second-order valence-electron chi connectivity index (χ2n) is 6.90. The highest BCUT2D eigenvalue weighted by Crippen LogP contribution is 2.34. The Kier molecular flexibility index (Phi) is 5.40.